The molecule has 2 aliphatic rings. The number of hydrogen-bond acceptors (Lipinski definition) is 5. The Hall–Kier alpha value is -1.34. The van der Waals surface area contributed by atoms with Gasteiger partial charge >= 0.3 is 0 Å². The van der Waals surface area contributed by atoms with Crippen molar-refractivity contribution in [2.75, 3.05) is 14.1 Å². The number of hydrogen-bond donors (Lipinski definition) is 0. The summed E-state index contributed by atoms with van der Waals surface area (Å²) in [6, 6.07) is 0.220. The van der Waals surface area contributed by atoms with Crippen molar-refractivity contribution < 1.29 is 4.79 Å². The number of aryl methyl sites for hydroxylation is 2. The number of thiophene rings is 1. The van der Waals surface area contributed by atoms with Crippen molar-refractivity contribution in [3.63, 3.8) is 0 Å². The average molecular weight is 406 g/mol. The van der Waals surface area contributed by atoms with E-state index in [2.05, 4.69) is 0 Å². The van der Waals surface area contributed by atoms with E-state index in [-0.39, 0.29) is 22.8 Å². The van der Waals surface area contributed by atoms with Gasteiger partial charge in [-0.2, -0.15) is 0 Å². The molecule has 0 radical (unpaired) electrons. The number of aromatic nitrogens is 2. The fourth-order valence-electron chi connectivity index (χ4n) is 4.34. The van der Waals surface area contributed by atoms with Gasteiger partial charge in [-0.25, -0.2) is 4.98 Å². The predicted molar refractivity (Wildman–Crippen MR) is 112 cm³/mol. The lowest BCUT2D eigenvalue weighted by molar-refractivity contribution is -0.127. The molecule has 27 heavy (non-hydrogen) atoms. The van der Waals surface area contributed by atoms with E-state index in [1.54, 1.807) is 30.3 Å². The van der Waals surface area contributed by atoms with Crippen LogP contribution in [0.4, 0.5) is 0 Å². The molecule has 2 aromatic heterocycles. The number of amides is 1. The van der Waals surface area contributed by atoms with Gasteiger partial charge in [0, 0.05) is 25.0 Å². The van der Waals surface area contributed by atoms with Crippen LogP contribution in [0.25, 0.3) is 10.2 Å². The summed E-state index contributed by atoms with van der Waals surface area (Å²) in [6.45, 7) is 1.90. The highest BCUT2D eigenvalue weighted by atomic mass is 32.2. The number of fused-ring (bicyclic) bond motifs is 3. The van der Waals surface area contributed by atoms with Crippen molar-refractivity contribution in [3.8, 4) is 0 Å². The van der Waals surface area contributed by atoms with Crippen LogP contribution < -0.4 is 5.56 Å². The highest BCUT2D eigenvalue weighted by Gasteiger charge is 2.28. The molecule has 1 unspecified atom stereocenters. The first-order valence-corrected chi connectivity index (χ1v) is 11.6. The molecule has 0 N–H and O–H groups in total. The van der Waals surface area contributed by atoms with Crippen LogP contribution in [0.2, 0.25) is 0 Å². The Kier molecular flexibility index (Phi) is 5.34. The van der Waals surface area contributed by atoms with Crippen LogP contribution in [0.15, 0.2) is 9.95 Å². The molecule has 0 aromatic carbocycles. The molecule has 0 spiro atoms. The topological polar surface area (TPSA) is 55.2 Å². The molecule has 146 valence electrons. The van der Waals surface area contributed by atoms with Crippen LogP contribution in [-0.4, -0.2) is 39.7 Å². The molecule has 2 heterocycles. The van der Waals surface area contributed by atoms with Crippen molar-refractivity contribution in [2.45, 2.75) is 74.7 Å². The molecule has 1 atom stereocenters. The third-order valence-electron chi connectivity index (χ3n) is 5.75. The fourth-order valence-corrected chi connectivity index (χ4v) is 6.77. The van der Waals surface area contributed by atoms with Crippen LogP contribution in [0.5, 0.6) is 0 Å². The van der Waals surface area contributed by atoms with Gasteiger partial charge in [-0.15, -0.1) is 11.3 Å². The van der Waals surface area contributed by atoms with Gasteiger partial charge in [0.05, 0.1) is 10.6 Å². The Morgan fingerprint density at radius 3 is 2.63 bits per heavy atom. The average Bonchev–Trinajstić information content (AvgIpc) is 3.28. The molecule has 0 aliphatic heterocycles. The van der Waals surface area contributed by atoms with Gasteiger partial charge in [0.1, 0.15) is 4.83 Å². The minimum Gasteiger partial charge on any atom is -0.348 e. The number of thioether (sulfide) groups is 1. The Morgan fingerprint density at radius 1 is 1.22 bits per heavy atom. The fraction of sp³-hybridized carbons (Fsp3) is 0.650. The van der Waals surface area contributed by atoms with Gasteiger partial charge in [-0.3, -0.25) is 14.2 Å². The maximum Gasteiger partial charge on any atom is 0.263 e. The van der Waals surface area contributed by atoms with Crippen molar-refractivity contribution in [1.29, 1.82) is 0 Å². The SMILES string of the molecule is CC(Sc1nc2sc3c(c2c(=O)n1C1CCCC1)CCCC3)C(=O)N(C)C. The summed E-state index contributed by atoms with van der Waals surface area (Å²) >= 11 is 3.12. The lowest BCUT2D eigenvalue weighted by Crippen LogP contribution is -2.32. The molecular formula is C20H27N3O2S2. The number of carbonyl (C=O) groups excluding carboxylic acids is 1. The maximum absolute atomic E-state index is 13.6. The van der Waals surface area contributed by atoms with E-state index in [9.17, 15) is 9.59 Å². The maximum atomic E-state index is 13.6. The summed E-state index contributed by atoms with van der Waals surface area (Å²) in [6.07, 6.45) is 8.81. The summed E-state index contributed by atoms with van der Waals surface area (Å²) in [4.78, 5) is 34.7. The minimum absolute atomic E-state index is 0.0535. The summed E-state index contributed by atoms with van der Waals surface area (Å²) in [5.41, 5.74) is 1.37. The second-order valence-electron chi connectivity index (χ2n) is 7.89. The molecule has 1 saturated carbocycles. The van der Waals surface area contributed by atoms with E-state index < -0.39 is 0 Å². The van der Waals surface area contributed by atoms with Crippen molar-refractivity contribution in [2.24, 2.45) is 0 Å². The van der Waals surface area contributed by atoms with Gasteiger partial charge in [0.15, 0.2) is 5.16 Å². The second kappa shape index (κ2) is 7.59. The first kappa shape index (κ1) is 19.0. The molecule has 4 rings (SSSR count). The van der Waals surface area contributed by atoms with Gasteiger partial charge in [-0.1, -0.05) is 24.6 Å². The van der Waals surface area contributed by atoms with Crippen LogP contribution in [-0.2, 0) is 17.6 Å². The molecule has 1 fully saturated rings. The first-order chi connectivity index (χ1) is 13.0. The van der Waals surface area contributed by atoms with Crippen LogP contribution >= 0.6 is 23.1 Å². The van der Waals surface area contributed by atoms with E-state index >= 15 is 0 Å². The van der Waals surface area contributed by atoms with Gasteiger partial charge in [-0.05, 0) is 51.0 Å². The smallest absolute Gasteiger partial charge is 0.263 e. The highest BCUT2D eigenvalue weighted by molar-refractivity contribution is 8.00. The van der Waals surface area contributed by atoms with Gasteiger partial charge in [0.2, 0.25) is 5.91 Å². The Morgan fingerprint density at radius 2 is 1.93 bits per heavy atom. The first-order valence-electron chi connectivity index (χ1n) is 9.92. The van der Waals surface area contributed by atoms with E-state index in [4.69, 9.17) is 4.98 Å². The standard InChI is InChI=1S/C20H27N3O2S2/c1-12(18(24)22(2)3)26-20-21-17-16(14-10-6-7-11-15(14)27-17)19(25)23(20)13-8-4-5-9-13/h12-13H,4-11H2,1-3H3. The molecular weight excluding hydrogens is 378 g/mol. The van der Waals surface area contributed by atoms with Crippen molar-refractivity contribution >= 4 is 39.2 Å². The van der Waals surface area contributed by atoms with E-state index in [0.29, 0.717) is 0 Å². The molecule has 0 bridgehead atoms. The van der Waals surface area contributed by atoms with Crippen LogP contribution in [0.3, 0.4) is 0 Å². The lowest BCUT2D eigenvalue weighted by atomic mass is 9.97. The number of nitrogens with zero attached hydrogens (tertiary/aromatic N) is 3. The van der Waals surface area contributed by atoms with E-state index in [0.717, 1.165) is 60.3 Å². The Balaban J connectivity index is 1.84. The largest absolute Gasteiger partial charge is 0.348 e. The van der Waals surface area contributed by atoms with Crippen molar-refractivity contribution in [3.05, 3.63) is 20.8 Å². The van der Waals surface area contributed by atoms with E-state index in [1.165, 1.54) is 28.6 Å². The molecule has 2 aromatic rings. The molecule has 7 heteroatoms. The van der Waals surface area contributed by atoms with E-state index in [1.807, 2.05) is 11.5 Å². The summed E-state index contributed by atoms with van der Waals surface area (Å²) in [5.74, 6) is 0.0535. The van der Waals surface area contributed by atoms with Gasteiger partial charge in [0.25, 0.3) is 5.56 Å². The second-order valence-corrected chi connectivity index (χ2v) is 10.3. The quantitative estimate of drug-likeness (QED) is 0.569. The third-order valence-corrected chi connectivity index (χ3v) is 7.99. The summed E-state index contributed by atoms with van der Waals surface area (Å²) in [7, 11) is 3.54. The van der Waals surface area contributed by atoms with Crippen LogP contribution in [0, 0.1) is 0 Å². The number of rotatable bonds is 4. The Labute approximate surface area is 168 Å². The van der Waals surface area contributed by atoms with Gasteiger partial charge < -0.3 is 4.90 Å². The zero-order valence-corrected chi connectivity index (χ0v) is 17.9. The zero-order valence-electron chi connectivity index (χ0n) is 16.3. The molecule has 5 nitrogen and oxygen atoms in total. The van der Waals surface area contributed by atoms with Crippen LogP contribution in [0.1, 0.15) is 61.9 Å². The monoisotopic (exact) mass is 405 g/mol. The molecule has 1 amide bonds. The molecule has 0 saturated heterocycles. The summed E-state index contributed by atoms with van der Waals surface area (Å²) in [5, 5.41) is 1.32. The van der Waals surface area contributed by atoms with Crippen molar-refractivity contribution in [1.82, 2.24) is 14.5 Å². The summed E-state index contributed by atoms with van der Waals surface area (Å²) < 4.78 is 1.93. The Bertz CT molecular complexity index is 925. The normalized spacial score (nSPS) is 18.6. The third kappa shape index (κ3) is 3.44. The highest BCUT2D eigenvalue weighted by Crippen LogP contribution is 2.38. The number of carbonyl (C=O) groups is 1. The minimum atomic E-state index is -0.258. The zero-order chi connectivity index (χ0) is 19.1. The lowest BCUT2D eigenvalue weighted by Gasteiger charge is -2.21. The predicted octanol–water partition coefficient (Wildman–Crippen LogP) is 4.02. The molecule has 2 aliphatic carbocycles.